The molecule has 4 nitrogen and oxygen atoms in total. The molecule has 0 aliphatic rings. The molecule has 15 heavy (non-hydrogen) atoms. The van der Waals surface area contributed by atoms with Crippen LogP contribution in [0.1, 0.15) is 33.6 Å². The minimum atomic E-state index is -0.168. The molecular formula is C11H23NO3. The lowest BCUT2D eigenvalue weighted by atomic mass is 10.0. The first-order chi connectivity index (χ1) is 7.01. The Balaban J connectivity index is 3.81. The van der Waals surface area contributed by atoms with Crippen LogP contribution in [0.4, 0.5) is 0 Å². The van der Waals surface area contributed by atoms with Crippen LogP contribution in [0.15, 0.2) is 0 Å². The molecule has 2 unspecified atom stereocenters. The first kappa shape index (κ1) is 14.4. The topological polar surface area (TPSA) is 58.6 Å². The summed E-state index contributed by atoms with van der Waals surface area (Å²) >= 11 is 0. The smallest absolute Gasteiger partial charge is 0.308 e. The van der Waals surface area contributed by atoms with E-state index in [0.717, 1.165) is 12.8 Å². The lowest BCUT2D eigenvalue weighted by molar-refractivity contribution is -0.145. The molecule has 0 aromatic rings. The molecule has 4 heteroatoms. The van der Waals surface area contributed by atoms with Crippen molar-refractivity contribution in [3.8, 4) is 0 Å². The Morgan fingerprint density at radius 1 is 1.33 bits per heavy atom. The van der Waals surface area contributed by atoms with Crippen molar-refractivity contribution in [2.24, 2.45) is 5.92 Å². The summed E-state index contributed by atoms with van der Waals surface area (Å²) in [6.45, 7) is 6.11. The van der Waals surface area contributed by atoms with Gasteiger partial charge in [0.15, 0.2) is 0 Å². The van der Waals surface area contributed by atoms with Gasteiger partial charge in [-0.25, -0.2) is 0 Å². The van der Waals surface area contributed by atoms with Crippen molar-refractivity contribution in [1.82, 2.24) is 5.32 Å². The fraction of sp³-hybridized carbons (Fsp3) is 0.909. The predicted octanol–water partition coefficient (Wildman–Crippen LogP) is 0.935. The number of carbonyl (C=O) groups excluding carboxylic acids is 1. The highest BCUT2D eigenvalue weighted by molar-refractivity contribution is 5.71. The van der Waals surface area contributed by atoms with Crippen molar-refractivity contribution in [1.29, 1.82) is 0 Å². The normalized spacial score (nSPS) is 16.9. The van der Waals surface area contributed by atoms with E-state index in [1.54, 1.807) is 0 Å². The van der Waals surface area contributed by atoms with E-state index in [9.17, 15) is 4.79 Å². The second-order valence-corrected chi connectivity index (χ2v) is 4.14. The van der Waals surface area contributed by atoms with E-state index in [0.29, 0.717) is 0 Å². The van der Waals surface area contributed by atoms with E-state index >= 15 is 0 Å². The molecule has 0 amide bonds. The molecule has 90 valence electrons. The highest BCUT2D eigenvalue weighted by atomic mass is 16.5. The highest BCUT2D eigenvalue weighted by Gasteiger charge is 2.17. The maximum Gasteiger partial charge on any atom is 0.308 e. The average molecular weight is 217 g/mol. The van der Waals surface area contributed by atoms with Crippen molar-refractivity contribution in [2.45, 2.75) is 45.7 Å². The summed E-state index contributed by atoms with van der Waals surface area (Å²) in [5.74, 6) is -0.253. The zero-order valence-electron chi connectivity index (χ0n) is 10.1. The van der Waals surface area contributed by atoms with Crippen molar-refractivity contribution >= 4 is 5.97 Å². The van der Waals surface area contributed by atoms with Gasteiger partial charge in [0, 0.05) is 18.7 Å². The molecule has 3 atom stereocenters. The molecule has 0 heterocycles. The molecule has 0 aliphatic heterocycles. The summed E-state index contributed by atoms with van der Waals surface area (Å²) in [5, 5.41) is 12.1. The molecule has 0 aliphatic carbocycles. The minimum Gasteiger partial charge on any atom is -0.469 e. The Morgan fingerprint density at radius 3 is 2.40 bits per heavy atom. The highest BCUT2D eigenvalue weighted by Crippen LogP contribution is 2.08. The van der Waals surface area contributed by atoms with Crippen LogP contribution in [0.2, 0.25) is 0 Å². The summed E-state index contributed by atoms with van der Waals surface area (Å²) in [6.07, 6.45) is 1.49. The van der Waals surface area contributed by atoms with Crippen molar-refractivity contribution < 1.29 is 14.6 Å². The number of methoxy groups -OCH3 is 1. The maximum absolute atomic E-state index is 11.2. The average Bonchev–Trinajstić information content (AvgIpc) is 2.16. The van der Waals surface area contributed by atoms with Gasteiger partial charge in [-0.2, -0.15) is 0 Å². The Labute approximate surface area is 92.0 Å². The quantitative estimate of drug-likeness (QED) is 0.623. The second-order valence-electron chi connectivity index (χ2n) is 4.14. The van der Waals surface area contributed by atoms with Crippen molar-refractivity contribution in [3.05, 3.63) is 0 Å². The van der Waals surface area contributed by atoms with Crippen LogP contribution in [0.25, 0.3) is 0 Å². The predicted molar refractivity (Wildman–Crippen MR) is 59.6 cm³/mol. The van der Waals surface area contributed by atoms with Gasteiger partial charge in [-0.1, -0.05) is 6.92 Å². The Hall–Kier alpha value is -0.610. The van der Waals surface area contributed by atoms with Crippen molar-refractivity contribution in [3.63, 3.8) is 0 Å². The molecule has 2 N–H and O–H groups in total. The number of aliphatic hydroxyl groups is 1. The van der Waals surface area contributed by atoms with Gasteiger partial charge < -0.3 is 15.2 Å². The number of esters is 1. The number of nitrogens with one attached hydrogen (secondary N) is 1. The number of hydrogen-bond donors (Lipinski definition) is 2. The largest absolute Gasteiger partial charge is 0.469 e. The molecule has 0 saturated heterocycles. The SMILES string of the molecule is COC(=O)C(C)CC(C)N[C@H](C)CCO. The number of ether oxygens (including phenoxy) is 1. The fourth-order valence-corrected chi connectivity index (χ4v) is 1.66. The van der Waals surface area contributed by atoms with Crippen LogP contribution in [0.5, 0.6) is 0 Å². The van der Waals surface area contributed by atoms with Gasteiger partial charge in [0.05, 0.1) is 13.0 Å². The van der Waals surface area contributed by atoms with E-state index in [-0.39, 0.29) is 30.6 Å². The molecule has 0 fully saturated rings. The zero-order valence-corrected chi connectivity index (χ0v) is 10.1. The van der Waals surface area contributed by atoms with Gasteiger partial charge in [0.25, 0.3) is 0 Å². The van der Waals surface area contributed by atoms with E-state index in [2.05, 4.69) is 10.1 Å². The second kappa shape index (κ2) is 7.65. The van der Waals surface area contributed by atoms with Crippen LogP contribution in [0, 0.1) is 5.92 Å². The van der Waals surface area contributed by atoms with Crippen LogP contribution < -0.4 is 5.32 Å². The van der Waals surface area contributed by atoms with Crippen LogP contribution >= 0.6 is 0 Å². The van der Waals surface area contributed by atoms with E-state index in [1.165, 1.54) is 7.11 Å². The van der Waals surface area contributed by atoms with E-state index in [4.69, 9.17) is 5.11 Å². The van der Waals surface area contributed by atoms with Gasteiger partial charge in [0.2, 0.25) is 0 Å². The first-order valence-electron chi connectivity index (χ1n) is 5.46. The third kappa shape index (κ3) is 6.47. The summed E-state index contributed by atoms with van der Waals surface area (Å²) in [6, 6.07) is 0.524. The molecule has 0 aromatic carbocycles. The third-order valence-electron chi connectivity index (χ3n) is 2.44. The fourth-order valence-electron chi connectivity index (χ4n) is 1.66. The summed E-state index contributed by atoms with van der Waals surface area (Å²) in [4.78, 5) is 11.2. The monoisotopic (exact) mass is 217 g/mol. The standard InChI is InChI=1S/C11H23NO3/c1-8(11(14)15-4)7-10(3)12-9(2)5-6-13/h8-10,12-13H,5-7H2,1-4H3/t8?,9-,10?/m1/s1. The van der Waals surface area contributed by atoms with E-state index in [1.807, 2.05) is 20.8 Å². The van der Waals surface area contributed by atoms with Crippen molar-refractivity contribution in [2.75, 3.05) is 13.7 Å². The number of aliphatic hydroxyl groups excluding tert-OH is 1. The van der Waals surface area contributed by atoms with Crippen LogP contribution in [0.3, 0.4) is 0 Å². The lowest BCUT2D eigenvalue weighted by Crippen LogP contribution is -2.37. The third-order valence-corrected chi connectivity index (χ3v) is 2.44. The van der Waals surface area contributed by atoms with Gasteiger partial charge >= 0.3 is 5.97 Å². The summed E-state index contributed by atoms with van der Waals surface area (Å²) in [5.41, 5.74) is 0. The molecular weight excluding hydrogens is 194 g/mol. The zero-order chi connectivity index (χ0) is 11.8. The molecule has 0 aromatic heterocycles. The Bertz CT molecular complexity index is 185. The number of rotatable bonds is 7. The molecule has 0 rings (SSSR count). The molecule has 0 bridgehead atoms. The number of carbonyl (C=O) groups is 1. The maximum atomic E-state index is 11.2. The molecule has 0 saturated carbocycles. The van der Waals surface area contributed by atoms with Gasteiger partial charge in [-0.05, 0) is 26.7 Å². The van der Waals surface area contributed by atoms with Crippen LogP contribution in [-0.4, -0.2) is 36.9 Å². The minimum absolute atomic E-state index is 0.0844. The summed E-state index contributed by atoms with van der Waals surface area (Å²) in [7, 11) is 1.41. The molecule has 0 radical (unpaired) electrons. The lowest BCUT2D eigenvalue weighted by Gasteiger charge is -2.21. The van der Waals surface area contributed by atoms with Gasteiger partial charge in [-0.3, -0.25) is 4.79 Å². The number of hydrogen-bond acceptors (Lipinski definition) is 4. The van der Waals surface area contributed by atoms with Crippen LogP contribution in [-0.2, 0) is 9.53 Å². The Kier molecular flexibility index (Phi) is 7.34. The Morgan fingerprint density at radius 2 is 1.93 bits per heavy atom. The van der Waals surface area contributed by atoms with Gasteiger partial charge in [-0.15, -0.1) is 0 Å². The van der Waals surface area contributed by atoms with E-state index < -0.39 is 0 Å². The first-order valence-corrected chi connectivity index (χ1v) is 5.46. The molecule has 0 spiro atoms. The van der Waals surface area contributed by atoms with Gasteiger partial charge in [0.1, 0.15) is 0 Å². The summed E-state index contributed by atoms with van der Waals surface area (Å²) < 4.78 is 4.66.